The van der Waals surface area contributed by atoms with E-state index in [9.17, 15) is 5.11 Å². The normalized spacial score (nSPS) is 20.7. The quantitative estimate of drug-likeness (QED) is 0.133. The highest BCUT2D eigenvalue weighted by Gasteiger charge is 2.43. The second-order valence-corrected chi connectivity index (χ2v) is 30.9. The number of benzene rings is 10. The van der Waals surface area contributed by atoms with Crippen molar-refractivity contribution in [3.8, 4) is 73.3 Å². The second kappa shape index (κ2) is 18.9. The van der Waals surface area contributed by atoms with Crippen molar-refractivity contribution in [3.05, 3.63) is 258 Å². The van der Waals surface area contributed by atoms with Gasteiger partial charge >= 0.3 is 0 Å². The number of hydrogen-bond donors (Lipinski definition) is 1. The molecule has 0 fully saturated rings. The van der Waals surface area contributed by atoms with Crippen LogP contribution >= 0.6 is 29.5 Å². The van der Waals surface area contributed by atoms with Gasteiger partial charge in [-0.1, -0.05) is 190 Å². The largest absolute Gasteiger partial charge is 0.507 e. The fourth-order valence-electron chi connectivity index (χ4n) is 12.1. The number of aromatic hydroxyl groups is 1. The summed E-state index contributed by atoms with van der Waals surface area (Å²) < 4.78 is 89.6. The maximum Gasteiger partial charge on any atom is 0.282 e. The fraction of sp³-hybridized carbons (Fsp3) is 0.104. The molecule has 9 nitrogen and oxygen atoms in total. The predicted molar refractivity (Wildman–Crippen MR) is 320 cm³/mol. The maximum absolute atomic E-state index is 15.8. The van der Waals surface area contributed by atoms with Gasteiger partial charge in [0.1, 0.15) is 28.7 Å². The van der Waals surface area contributed by atoms with E-state index in [1.165, 1.54) is 0 Å². The average molecular weight is 1130 g/mol. The summed E-state index contributed by atoms with van der Waals surface area (Å²) >= 11 is 0. The Hall–Kier alpha value is -7.88. The average Bonchev–Trinajstić information content (AvgIpc) is 3.47. The minimum atomic E-state index is -3.83. The number of fused-ring (bicyclic) bond motifs is 12. The first-order valence-electron chi connectivity index (χ1n) is 26.6. The molecule has 4 unspecified atom stereocenters. The van der Waals surface area contributed by atoms with Crippen LogP contribution in [0.3, 0.4) is 0 Å². The molecule has 4 aliphatic rings. The van der Waals surface area contributed by atoms with Gasteiger partial charge in [0, 0.05) is 38.8 Å². The third kappa shape index (κ3) is 8.37. The van der Waals surface area contributed by atoms with Gasteiger partial charge in [-0.25, -0.2) is 0 Å². The Morgan fingerprint density at radius 1 is 0.325 bits per heavy atom. The highest BCUT2D eigenvalue weighted by molar-refractivity contribution is 7.68. The van der Waals surface area contributed by atoms with Crippen LogP contribution in [0.1, 0.15) is 47.2 Å². The standard InChI is InChI=1S/C67H52O9P4/c1-67(2,48-36-44(40-77(69)62-31-15-7-23-54(62)50-19-3-11-27-58(50)73-77)35-45(37-48)41-78(70)63-32-16-8-24-55(63)51-20-4-12-28-59(51)74-78)49-38-46(42-79(71)64-33-17-9-25-56(64)52-21-5-13-29-60(52)75-79)66(68)47(39-49)43-80(72)65-34-18-10-26-57(65)53-22-6-14-30-61(53)76-80/h3-39,68H,40-43H2,1-2H3. The maximum atomic E-state index is 15.8. The summed E-state index contributed by atoms with van der Waals surface area (Å²) in [7, 11) is -15.0. The van der Waals surface area contributed by atoms with E-state index in [4.69, 9.17) is 18.1 Å². The van der Waals surface area contributed by atoms with E-state index >= 15 is 18.3 Å². The molecule has 4 atom stereocenters. The Morgan fingerprint density at radius 2 is 0.575 bits per heavy atom. The zero-order valence-corrected chi connectivity index (χ0v) is 47.3. The third-order valence-electron chi connectivity index (χ3n) is 16.1. The van der Waals surface area contributed by atoms with Gasteiger partial charge in [0.15, 0.2) is 0 Å². The minimum Gasteiger partial charge on any atom is -0.507 e. The van der Waals surface area contributed by atoms with Crippen molar-refractivity contribution in [1.29, 1.82) is 0 Å². The SMILES string of the molecule is CC(C)(c1cc(CP2(=O)Oc3ccccc3-c3ccccc32)cc(CP2(=O)Oc3ccccc3-c3ccccc32)c1)c1cc(CP2(=O)Oc3ccccc3-c3ccccc32)c(O)c(CP2(=O)Oc3ccccc3-c3ccccc32)c1. The smallest absolute Gasteiger partial charge is 0.282 e. The summed E-state index contributed by atoms with van der Waals surface area (Å²) in [6.45, 7) is 4.11. The Morgan fingerprint density at radius 3 is 0.887 bits per heavy atom. The molecular weight excluding hydrogens is 1070 g/mol. The molecule has 1 N–H and O–H groups in total. The first kappa shape index (κ1) is 50.3. The monoisotopic (exact) mass is 1120 g/mol. The molecule has 0 saturated heterocycles. The van der Waals surface area contributed by atoms with E-state index in [2.05, 4.69) is 13.8 Å². The zero-order valence-electron chi connectivity index (χ0n) is 43.7. The molecule has 4 heterocycles. The summed E-state index contributed by atoms with van der Waals surface area (Å²) in [4.78, 5) is 0. The molecule has 4 aliphatic heterocycles. The lowest BCUT2D eigenvalue weighted by Gasteiger charge is -2.33. The highest BCUT2D eigenvalue weighted by atomic mass is 31.2. The molecular formula is C67H52O9P4. The van der Waals surface area contributed by atoms with E-state index in [1.54, 1.807) is 0 Å². The van der Waals surface area contributed by atoms with Crippen molar-refractivity contribution in [2.75, 3.05) is 0 Å². The molecule has 394 valence electrons. The van der Waals surface area contributed by atoms with Crippen molar-refractivity contribution >= 4 is 50.7 Å². The summed E-state index contributed by atoms with van der Waals surface area (Å²) in [5.74, 6) is 1.85. The van der Waals surface area contributed by atoms with Crippen LogP contribution in [0.25, 0.3) is 44.5 Å². The van der Waals surface area contributed by atoms with Gasteiger partial charge < -0.3 is 23.2 Å². The number of hydrogen-bond acceptors (Lipinski definition) is 9. The van der Waals surface area contributed by atoms with Crippen LogP contribution < -0.4 is 39.3 Å². The summed E-state index contributed by atoms with van der Waals surface area (Å²) in [6.07, 6.45) is -0.372. The van der Waals surface area contributed by atoms with Crippen LogP contribution in [0.5, 0.6) is 28.7 Å². The molecule has 0 saturated carbocycles. The molecule has 10 aromatic carbocycles. The van der Waals surface area contributed by atoms with Crippen LogP contribution in [-0.2, 0) is 48.3 Å². The van der Waals surface area contributed by atoms with E-state index in [-0.39, 0.29) is 30.4 Å². The predicted octanol–water partition coefficient (Wildman–Crippen LogP) is 16.4. The van der Waals surface area contributed by atoms with Crippen molar-refractivity contribution in [1.82, 2.24) is 0 Å². The Kier molecular flexibility index (Phi) is 11.9. The van der Waals surface area contributed by atoms with Crippen LogP contribution in [0.4, 0.5) is 0 Å². The lowest BCUT2D eigenvalue weighted by atomic mass is 9.76. The lowest BCUT2D eigenvalue weighted by Crippen LogP contribution is -2.23. The molecule has 80 heavy (non-hydrogen) atoms. The van der Waals surface area contributed by atoms with Gasteiger partial charge in [0.2, 0.25) is 0 Å². The van der Waals surface area contributed by atoms with E-state index in [1.807, 2.05) is 224 Å². The van der Waals surface area contributed by atoms with Crippen molar-refractivity contribution in [3.63, 3.8) is 0 Å². The van der Waals surface area contributed by atoms with E-state index < -0.39 is 34.9 Å². The first-order chi connectivity index (χ1) is 38.7. The molecule has 0 aromatic heterocycles. The van der Waals surface area contributed by atoms with Gasteiger partial charge in [-0.15, -0.1) is 0 Å². The highest BCUT2D eigenvalue weighted by Crippen LogP contribution is 2.62. The van der Waals surface area contributed by atoms with Gasteiger partial charge in [-0.2, -0.15) is 0 Å². The van der Waals surface area contributed by atoms with Gasteiger partial charge in [0.05, 0.1) is 45.9 Å². The molecule has 0 spiro atoms. The molecule has 0 bridgehead atoms. The number of phenolic OH excluding ortho intramolecular Hbond substituents is 1. The molecule has 0 aliphatic carbocycles. The Labute approximate surface area is 464 Å². The summed E-state index contributed by atoms with van der Waals surface area (Å²) in [6, 6.07) is 70.4. The van der Waals surface area contributed by atoms with Gasteiger partial charge in [-0.05, 0) is 93.0 Å². The first-order valence-corrected chi connectivity index (χ1v) is 33.8. The van der Waals surface area contributed by atoms with E-state index in [0.717, 1.165) is 50.1 Å². The summed E-state index contributed by atoms with van der Waals surface area (Å²) in [5, 5.41) is 15.1. The van der Waals surface area contributed by atoms with Gasteiger partial charge in [-0.3, -0.25) is 18.3 Å². The fourth-order valence-corrected chi connectivity index (χ4v) is 21.6. The minimum absolute atomic E-state index is 0.00866. The Bertz CT molecular complexity index is 4160. The Balaban J connectivity index is 0.936. The van der Waals surface area contributed by atoms with Gasteiger partial charge in [0.25, 0.3) is 29.5 Å². The molecule has 0 radical (unpaired) electrons. The second-order valence-electron chi connectivity index (χ2n) is 21.6. The van der Waals surface area contributed by atoms with E-state index in [0.29, 0.717) is 72.0 Å². The van der Waals surface area contributed by atoms with Crippen molar-refractivity contribution in [2.24, 2.45) is 0 Å². The molecule has 13 heteroatoms. The van der Waals surface area contributed by atoms with Crippen molar-refractivity contribution < 1.29 is 41.5 Å². The molecule has 10 aromatic rings. The molecule has 0 amide bonds. The van der Waals surface area contributed by atoms with Crippen LogP contribution in [-0.4, -0.2) is 5.11 Å². The topological polar surface area (TPSA) is 125 Å². The van der Waals surface area contributed by atoms with Crippen LogP contribution in [0.2, 0.25) is 0 Å². The van der Waals surface area contributed by atoms with Crippen LogP contribution in [0, 0.1) is 0 Å². The number of para-hydroxylation sites is 4. The van der Waals surface area contributed by atoms with Crippen LogP contribution in [0.15, 0.2) is 224 Å². The number of phenols is 1. The van der Waals surface area contributed by atoms with Crippen molar-refractivity contribution in [2.45, 2.75) is 43.9 Å². The number of rotatable bonds is 10. The summed E-state index contributed by atoms with van der Waals surface area (Å²) in [5.41, 5.74) is 9.13. The molecule has 14 rings (SSSR count). The lowest BCUT2D eigenvalue weighted by molar-refractivity contribution is 0.455. The zero-order chi connectivity index (χ0) is 54.6. The third-order valence-corrected chi connectivity index (χ3v) is 25.6.